The molecule has 1 heterocycles. The molecule has 0 aromatic carbocycles. The van der Waals surface area contributed by atoms with Crippen molar-refractivity contribution in [1.82, 2.24) is 9.97 Å². The van der Waals surface area contributed by atoms with E-state index in [9.17, 15) is 0 Å². The van der Waals surface area contributed by atoms with Gasteiger partial charge in [0, 0.05) is 0 Å². The number of hydrogen-bond donors (Lipinski definition) is 0. The Morgan fingerprint density at radius 2 is 1.43 bits per heavy atom. The van der Waals surface area contributed by atoms with Gasteiger partial charge in [0.05, 0.1) is 0 Å². The molecule has 3 nitrogen and oxygen atoms in total. The monoisotopic (exact) mass is 514 g/mol. The molecule has 1 aromatic heterocycles. The van der Waals surface area contributed by atoms with Gasteiger partial charge in [-0.3, -0.25) is 0 Å². The summed E-state index contributed by atoms with van der Waals surface area (Å²) in [6.07, 6.45) is 9.90. The van der Waals surface area contributed by atoms with Crippen LogP contribution in [0, 0.1) is 0 Å². The van der Waals surface area contributed by atoms with Gasteiger partial charge in [-0.15, -0.1) is 0 Å². The Hall–Kier alpha value is 0.0556. The van der Waals surface area contributed by atoms with Crippen LogP contribution in [0.5, 0.6) is 0 Å². The van der Waals surface area contributed by atoms with Gasteiger partial charge in [-0.25, -0.2) is 0 Å². The van der Waals surface area contributed by atoms with Crippen LogP contribution in [0.1, 0.15) is 85.8 Å². The van der Waals surface area contributed by atoms with Crippen molar-refractivity contribution in [3.05, 3.63) is 18.0 Å². The molecule has 0 saturated carbocycles. The van der Waals surface area contributed by atoms with E-state index in [2.05, 4.69) is 60.7 Å². The molecule has 1 aromatic rings. The van der Waals surface area contributed by atoms with E-state index in [1.165, 1.54) is 55.7 Å². The second kappa shape index (κ2) is 12.0. The summed E-state index contributed by atoms with van der Waals surface area (Å²) in [5.41, 5.74) is 1.10. The molecule has 0 atom stereocenters. The summed E-state index contributed by atoms with van der Waals surface area (Å²) in [5, 5.41) is 0.231. The number of unbranched alkanes of at least 4 members (excludes halogenated alkanes) is 3. The van der Waals surface area contributed by atoms with E-state index in [4.69, 9.17) is 14.4 Å². The number of rotatable bonds is 13. The van der Waals surface area contributed by atoms with E-state index in [0.29, 0.717) is 6.61 Å². The van der Waals surface area contributed by atoms with Gasteiger partial charge in [0.2, 0.25) is 0 Å². The fourth-order valence-electron chi connectivity index (χ4n) is 3.46. The second-order valence-electron chi connectivity index (χ2n) is 10.0. The first-order valence-electron chi connectivity index (χ1n) is 11.6. The fourth-order valence-corrected chi connectivity index (χ4v) is 19.4. The van der Waals surface area contributed by atoms with E-state index < -0.39 is 26.7 Å². The average Bonchev–Trinajstić information content (AvgIpc) is 2.65. The Morgan fingerprint density at radius 3 is 1.86 bits per heavy atom. The summed E-state index contributed by atoms with van der Waals surface area (Å²) in [6.45, 7) is 19.1. The first kappa shape index (κ1) is 26.1. The zero-order chi connectivity index (χ0) is 21.3. The summed E-state index contributed by atoms with van der Waals surface area (Å²) >= 11 is -2.55. The molecule has 0 amide bonds. The third-order valence-electron chi connectivity index (χ3n) is 6.60. The Morgan fingerprint density at radius 1 is 0.929 bits per heavy atom. The van der Waals surface area contributed by atoms with Crippen molar-refractivity contribution in [1.29, 1.82) is 0 Å². The van der Waals surface area contributed by atoms with Crippen molar-refractivity contribution in [3.8, 4) is 0 Å². The van der Waals surface area contributed by atoms with E-state index >= 15 is 0 Å². The third kappa shape index (κ3) is 7.71. The standard InChI is InChI=1S/C11H19N2OSi.3C4H9.Sn/c1-11(2,3)15(4,5)14-8-10-6-7-12-9-13-10;3*1-3-4-2;/h6-7H,8H2,1-5H3;3*1,3-4H2,2H3;. The van der Waals surface area contributed by atoms with Crippen LogP contribution in [0.15, 0.2) is 12.3 Å². The maximum atomic E-state index is 6.46. The van der Waals surface area contributed by atoms with Gasteiger partial charge < -0.3 is 0 Å². The van der Waals surface area contributed by atoms with Gasteiger partial charge in [-0.05, 0) is 0 Å². The van der Waals surface area contributed by atoms with Crippen molar-refractivity contribution >= 4 is 30.5 Å². The van der Waals surface area contributed by atoms with Crippen LogP contribution < -0.4 is 3.84 Å². The van der Waals surface area contributed by atoms with Crippen molar-refractivity contribution in [2.75, 3.05) is 0 Å². The molecule has 0 fully saturated rings. The number of hydrogen-bond acceptors (Lipinski definition) is 3. The van der Waals surface area contributed by atoms with Crippen molar-refractivity contribution < 1.29 is 4.43 Å². The van der Waals surface area contributed by atoms with Gasteiger partial charge in [-0.2, -0.15) is 0 Å². The van der Waals surface area contributed by atoms with Crippen LogP contribution in [-0.4, -0.2) is 36.7 Å². The molecule has 0 aliphatic carbocycles. The molecule has 0 unspecified atom stereocenters. The fraction of sp³-hybridized carbons (Fsp3) is 0.826. The van der Waals surface area contributed by atoms with Gasteiger partial charge in [0.15, 0.2) is 0 Å². The predicted octanol–water partition coefficient (Wildman–Crippen LogP) is 7.05. The summed E-state index contributed by atoms with van der Waals surface area (Å²) in [6, 6.07) is 2.08. The third-order valence-corrected chi connectivity index (χ3v) is 25.7. The van der Waals surface area contributed by atoms with Gasteiger partial charge >= 0.3 is 181 Å². The molecule has 28 heavy (non-hydrogen) atoms. The summed E-state index contributed by atoms with van der Waals surface area (Å²) < 4.78 is 12.0. The molecule has 0 aliphatic heterocycles. The Bertz CT molecular complexity index is 550. The average molecular weight is 513 g/mol. The van der Waals surface area contributed by atoms with E-state index in [1.54, 1.807) is 0 Å². The van der Waals surface area contributed by atoms with Crippen LogP contribution in [0.25, 0.3) is 0 Å². The van der Waals surface area contributed by atoms with Crippen molar-refractivity contribution in [2.24, 2.45) is 0 Å². The van der Waals surface area contributed by atoms with Crippen molar-refractivity contribution in [2.45, 2.75) is 118 Å². The molecule has 0 N–H and O–H groups in total. The van der Waals surface area contributed by atoms with Crippen LogP contribution in [0.2, 0.25) is 31.4 Å². The maximum absolute atomic E-state index is 6.46. The summed E-state index contributed by atoms with van der Waals surface area (Å²) in [7, 11) is -1.76. The molecular weight excluding hydrogens is 467 g/mol. The molecule has 5 heteroatoms. The summed E-state index contributed by atoms with van der Waals surface area (Å²) in [4.78, 5) is 10.1. The molecule has 0 aliphatic rings. The SMILES string of the molecule is CCC[CH2][Sn]([CH2]CCC)([CH2]CCC)[c]1nccc(CO[Si](C)(C)C(C)(C)C)n1. The minimum absolute atomic E-state index is 0.231. The van der Waals surface area contributed by atoms with Gasteiger partial charge in [0.25, 0.3) is 0 Å². The normalized spacial score (nSPS) is 13.1. The van der Waals surface area contributed by atoms with Crippen LogP contribution >= 0.6 is 0 Å². The second-order valence-corrected chi connectivity index (χ2v) is 27.7. The molecule has 0 spiro atoms. The van der Waals surface area contributed by atoms with E-state index in [0.717, 1.165) is 5.69 Å². The molecule has 0 radical (unpaired) electrons. The molecule has 0 saturated heterocycles. The first-order chi connectivity index (χ1) is 13.1. The van der Waals surface area contributed by atoms with Gasteiger partial charge in [-0.1, -0.05) is 0 Å². The van der Waals surface area contributed by atoms with Crippen LogP contribution in [0.3, 0.4) is 0 Å². The number of nitrogens with zero attached hydrogens (tertiary/aromatic N) is 2. The summed E-state index contributed by atoms with van der Waals surface area (Å²) in [5.74, 6) is 0. The Kier molecular flexibility index (Phi) is 11.2. The zero-order valence-electron chi connectivity index (χ0n) is 20.0. The van der Waals surface area contributed by atoms with Gasteiger partial charge in [0.1, 0.15) is 0 Å². The molecule has 0 bridgehead atoms. The Labute approximate surface area is 180 Å². The van der Waals surface area contributed by atoms with Crippen molar-refractivity contribution in [3.63, 3.8) is 0 Å². The molecule has 1 rings (SSSR count). The van der Waals surface area contributed by atoms with Crippen LogP contribution in [-0.2, 0) is 11.0 Å². The predicted molar refractivity (Wildman–Crippen MR) is 129 cm³/mol. The van der Waals surface area contributed by atoms with E-state index in [1.807, 2.05) is 6.20 Å². The Balaban J connectivity index is 3.11. The van der Waals surface area contributed by atoms with Crippen LogP contribution in [0.4, 0.5) is 0 Å². The first-order valence-corrected chi connectivity index (χ1v) is 22.0. The zero-order valence-corrected chi connectivity index (χ0v) is 23.9. The molecule has 162 valence electrons. The van der Waals surface area contributed by atoms with E-state index in [-0.39, 0.29) is 5.04 Å². The number of aromatic nitrogens is 2. The minimum atomic E-state index is -2.55. The quantitative estimate of drug-likeness (QED) is 0.265. The molecular formula is C23H46N2OSiSn. The topological polar surface area (TPSA) is 35.0 Å².